The predicted molar refractivity (Wildman–Crippen MR) is 102 cm³/mol. The summed E-state index contributed by atoms with van der Waals surface area (Å²) in [6.45, 7) is 0. The highest BCUT2D eigenvalue weighted by molar-refractivity contribution is 7.22. The van der Waals surface area contributed by atoms with E-state index in [1.807, 2.05) is 54.6 Å². The van der Waals surface area contributed by atoms with E-state index in [-0.39, 0.29) is 5.82 Å². The lowest BCUT2D eigenvalue weighted by molar-refractivity contribution is 0.620. The van der Waals surface area contributed by atoms with Crippen molar-refractivity contribution in [3.8, 4) is 11.5 Å². The number of aromatic nitrogens is 2. The molecule has 126 valence electrons. The molecule has 0 unspecified atom stereocenters. The summed E-state index contributed by atoms with van der Waals surface area (Å²) in [5, 5.41) is 3.87. The lowest BCUT2D eigenvalue weighted by atomic mass is 10.2. The average Bonchev–Trinajstić information content (AvgIpc) is 3.27. The minimum atomic E-state index is -0.307. The fraction of sp³-hybridized carbons (Fsp3) is 0. The number of nitrogens with one attached hydrogen (secondary N) is 1. The van der Waals surface area contributed by atoms with E-state index in [1.165, 1.54) is 17.4 Å². The Balaban J connectivity index is 1.43. The summed E-state index contributed by atoms with van der Waals surface area (Å²) in [6.07, 6.45) is 0. The van der Waals surface area contributed by atoms with Crippen LogP contribution in [0.5, 0.6) is 0 Å². The summed E-state index contributed by atoms with van der Waals surface area (Å²) in [7, 11) is 0. The van der Waals surface area contributed by atoms with Gasteiger partial charge in [-0.3, -0.25) is 0 Å². The van der Waals surface area contributed by atoms with E-state index >= 15 is 0 Å². The van der Waals surface area contributed by atoms with Crippen molar-refractivity contribution in [2.24, 2.45) is 0 Å². The minimum Gasteiger partial charge on any atom is -0.436 e. The summed E-state index contributed by atoms with van der Waals surface area (Å²) in [6, 6.07) is 20.3. The number of benzene rings is 3. The van der Waals surface area contributed by atoms with Gasteiger partial charge in [-0.25, -0.2) is 14.4 Å². The maximum atomic E-state index is 13.8. The molecule has 6 heteroatoms. The molecule has 1 N–H and O–H groups in total. The molecule has 0 saturated carbocycles. The molecular formula is C20H12FN3OS. The molecule has 5 rings (SSSR count). The van der Waals surface area contributed by atoms with Gasteiger partial charge in [0.2, 0.25) is 5.89 Å². The molecule has 0 bridgehead atoms. The summed E-state index contributed by atoms with van der Waals surface area (Å²) in [5.74, 6) is 0.276. The maximum Gasteiger partial charge on any atom is 0.227 e. The fourth-order valence-corrected chi connectivity index (χ4v) is 3.68. The van der Waals surface area contributed by atoms with E-state index in [0.29, 0.717) is 16.5 Å². The van der Waals surface area contributed by atoms with Crippen LogP contribution in [-0.4, -0.2) is 9.97 Å². The van der Waals surface area contributed by atoms with Crippen LogP contribution in [-0.2, 0) is 0 Å². The number of hydrogen-bond acceptors (Lipinski definition) is 5. The van der Waals surface area contributed by atoms with Crippen LogP contribution in [0.3, 0.4) is 0 Å². The smallest absolute Gasteiger partial charge is 0.227 e. The summed E-state index contributed by atoms with van der Waals surface area (Å²) >= 11 is 1.42. The van der Waals surface area contributed by atoms with Gasteiger partial charge >= 0.3 is 0 Å². The van der Waals surface area contributed by atoms with Gasteiger partial charge in [-0.15, -0.1) is 0 Å². The first-order valence-corrected chi connectivity index (χ1v) is 8.86. The minimum absolute atomic E-state index is 0.307. The van der Waals surface area contributed by atoms with Crippen LogP contribution in [0.25, 0.3) is 32.8 Å². The third kappa shape index (κ3) is 2.60. The van der Waals surface area contributed by atoms with Crippen molar-refractivity contribution in [1.29, 1.82) is 0 Å². The Kier molecular flexibility index (Phi) is 3.43. The Bertz CT molecular complexity index is 1190. The first-order chi connectivity index (χ1) is 12.8. The molecule has 2 heterocycles. The topological polar surface area (TPSA) is 51.0 Å². The van der Waals surface area contributed by atoms with Gasteiger partial charge in [0.25, 0.3) is 0 Å². The molecule has 4 nitrogen and oxygen atoms in total. The molecule has 0 fully saturated rings. The fourth-order valence-electron chi connectivity index (χ4n) is 2.78. The third-order valence-corrected chi connectivity index (χ3v) is 4.98. The van der Waals surface area contributed by atoms with Crippen molar-refractivity contribution < 1.29 is 8.81 Å². The van der Waals surface area contributed by atoms with Crippen molar-refractivity contribution in [2.75, 3.05) is 5.32 Å². The van der Waals surface area contributed by atoms with Crippen LogP contribution < -0.4 is 5.32 Å². The van der Waals surface area contributed by atoms with Gasteiger partial charge in [0.15, 0.2) is 10.7 Å². The molecule has 3 aromatic carbocycles. The SMILES string of the molecule is Fc1cccc2sc(Nc3ccc(-c4nc5ccccc5o4)cc3)nc12. The second kappa shape index (κ2) is 5.93. The first kappa shape index (κ1) is 15.0. The molecule has 0 aliphatic heterocycles. The van der Waals surface area contributed by atoms with Gasteiger partial charge in [-0.2, -0.15) is 0 Å². The van der Waals surface area contributed by atoms with Crippen LogP contribution in [0.4, 0.5) is 15.2 Å². The zero-order valence-electron chi connectivity index (χ0n) is 13.4. The lowest BCUT2D eigenvalue weighted by Gasteiger charge is -2.02. The van der Waals surface area contributed by atoms with Crippen molar-refractivity contribution in [3.63, 3.8) is 0 Å². The summed E-state index contributed by atoms with van der Waals surface area (Å²) in [5.41, 5.74) is 3.75. The molecule has 2 aromatic heterocycles. The molecule has 0 spiro atoms. The largest absolute Gasteiger partial charge is 0.436 e. The van der Waals surface area contributed by atoms with E-state index in [1.54, 1.807) is 6.07 Å². The Labute approximate surface area is 151 Å². The van der Waals surface area contributed by atoms with Crippen molar-refractivity contribution in [2.45, 2.75) is 0 Å². The Morgan fingerprint density at radius 3 is 2.54 bits per heavy atom. The van der Waals surface area contributed by atoms with E-state index in [9.17, 15) is 4.39 Å². The van der Waals surface area contributed by atoms with E-state index in [4.69, 9.17) is 4.42 Å². The Morgan fingerprint density at radius 2 is 1.73 bits per heavy atom. The number of halogens is 1. The highest BCUT2D eigenvalue weighted by atomic mass is 32.1. The van der Waals surface area contributed by atoms with Gasteiger partial charge in [-0.1, -0.05) is 29.5 Å². The monoisotopic (exact) mass is 361 g/mol. The lowest BCUT2D eigenvalue weighted by Crippen LogP contribution is -1.89. The Morgan fingerprint density at radius 1 is 0.885 bits per heavy atom. The quantitative estimate of drug-likeness (QED) is 0.429. The van der Waals surface area contributed by atoms with E-state index in [2.05, 4.69) is 15.3 Å². The summed E-state index contributed by atoms with van der Waals surface area (Å²) < 4.78 is 20.4. The molecule has 0 aliphatic rings. The maximum absolute atomic E-state index is 13.8. The first-order valence-electron chi connectivity index (χ1n) is 8.04. The second-order valence-corrected chi connectivity index (χ2v) is 6.83. The van der Waals surface area contributed by atoms with E-state index < -0.39 is 0 Å². The number of para-hydroxylation sites is 3. The highest BCUT2D eigenvalue weighted by Crippen LogP contribution is 2.31. The van der Waals surface area contributed by atoms with Gasteiger partial charge < -0.3 is 9.73 Å². The Hall–Kier alpha value is -3.25. The number of oxazole rings is 1. The highest BCUT2D eigenvalue weighted by Gasteiger charge is 2.10. The molecule has 0 amide bonds. The molecule has 26 heavy (non-hydrogen) atoms. The number of hydrogen-bond donors (Lipinski definition) is 1. The number of anilines is 2. The number of nitrogens with zero attached hydrogens (tertiary/aromatic N) is 2. The molecule has 0 radical (unpaired) electrons. The van der Waals surface area contributed by atoms with Crippen LogP contribution in [0, 0.1) is 5.82 Å². The van der Waals surface area contributed by atoms with Crippen molar-refractivity contribution in [3.05, 3.63) is 72.5 Å². The van der Waals surface area contributed by atoms with Crippen LogP contribution in [0.1, 0.15) is 0 Å². The third-order valence-electron chi connectivity index (χ3n) is 4.05. The predicted octanol–water partition coefficient (Wildman–Crippen LogP) is 5.99. The van der Waals surface area contributed by atoms with Crippen LogP contribution in [0.2, 0.25) is 0 Å². The van der Waals surface area contributed by atoms with Gasteiger partial charge in [0, 0.05) is 11.3 Å². The second-order valence-electron chi connectivity index (χ2n) is 5.79. The summed E-state index contributed by atoms with van der Waals surface area (Å²) in [4.78, 5) is 8.81. The number of fused-ring (bicyclic) bond motifs is 2. The molecule has 0 saturated heterocycles. The normalized spacial score (nSPS) is 11.3. The number of rotatable bonds is 3. The standard InChI is InChI=1S/C20H12FN3OS/c21-14-4-3-7-17-18(14)24-20(26-17)22-13-10-8-12(9-11-13)19-23-15-5-1-2-6-16(15)25-19/h1-11H,(H,22,24). The molecule has 0 aliphatic carbocycles. The molecular weight excluding hydrogens is 349 g/mol. The zero-order valence-corrected chi connectivity index (χ0v) is 14.3. The van der Waals surface area contributed by atoms with Gasteiger partial charge in [0.1, 0.15) is 16.9 Å². The van der Waals surface area contributed by atoms with E-state index in [0.717, 1.165) is 27.1 Å². The van der Waals surface area contributed by atoms with Gasteiger partial charge in [0.05, 0.1) is 4.70 Å². The van der Waals surface area contributed by atoms with Gasteiger partial charge in [-0.05, 0) is 48.5 Å². The zero-order chi connectivity index (χ0) is 17.5. The van der Waals surface area contributed by atoms with Crippen LogP contribution in [0.15, 0.2) is 71.1 Å². The van der Waals surface area contributed by atoms with Crippen molar-refractivity contribution >= 4 is 43.5 Å². The van der Waals surface area contributed by atoms with Crippen LogP contribution >= 0.6 is 11.3 Å². The average molecular weight is 361 g/mol. The number of thiazole rings is 1. The molecule has 0 atom stereocenters. The molecule has 5 aromatic rings. The van der Waals surface area contributed by atoms with Crippen molar-refractivity contribution in [1.82, 2.24) is 9.97 Å².